The number of rotatable bonds is 2. The summed E-state index contributed by atoms with van der Waals surface area (Å²) in [5.41, 5.74) is 1.28. The van der Waals surface area contributed by atoms with Crippen LogP contribution in [-0.4, -0.2) is 19.0 Å². The quantitative estimate of drug-likeness (QED) is 0.608. The molecule has 0 aliphatic carbocycles. The summed E-state index contributed by atoms with van der Waals surface area (Å²) in [6.07, 6.45) is 0. The van der Waals surface area contributed by atoms with Crippen molar-refractivity contribution in [2.45, 2.75) is 13.0 Å². The molecule has 2 aromatic rings. The Balaban J connectivity index is 0.00000128. The molecule has 0 saturated heterocycles. The second-order valence-electron chi connectivity index (χ2n) is 4.12. The van der Waals surface area contributed by atoms with Crippen LogP contribution in [0.5, 0.6) is 0 Å². The Morgan fingerprint density at radius 2 is 1.81 bits per heavy atom. The molecule has 16 heavy (non-hydrogen) atoms. The molecular formula is C14H16NPd-. The van der Waals surface area contributed by atoms with Gasteiger partial charge in [-0.15, -0.1) is 22.4 Å². The van der Waals surface area contributed by atoms with E-state index in [2.05, 4.69) is 62.3 Å². The van der Waals surface area contributed by atoms with Gasteiger partial charge in [0.15, 0.2) is 0 Å². The van der Waals surface area contributed by atoms with E-state index in [4.69, 9.17) is 0 Å². The molecule has 88 valence electrons. The third-order valence-corrected chi connectivity index (χ3v) is 2.95. The first-order chi connectivity index (χ1) is 7.20. The zero-order valence-corrected chi connectivity index (χ0v) is 11.4. The van der Waals surface area contributed by atoms with Crippen LogP contribution in [0.3, 0.4) is 0 Å². The predicted molar refractivity (Wildman–Crippen MR) is 64.9 cm³/mol. The smallest absolute Gasteiger partial charge is 0.00941 e. The Morgan fingerprint density at radius 3 is 2.50 bits per heavy atom. The summed E-state index contributed by atoms with van der Waals surface area (Å²) in [4.78, 5) is 2.21. The molecular weight excluding hydrogens is 289 g/mol. The summed E-state index contributed by atoms with van der Waals surface area (Å²) in [5.74, 6) is 0. The first-order valence-electron chi connectivity index (χ1n) is 5.26. The predicted octanol–water partition coefficient (Wildman–Crippen LogP) is 3.26. The molecule has 2 heteroatoms. The van der Waals surface area contributed by atoms with Crippen molar-refractivity contribution in [2.75, 3.05) is 14.1 Å². The Hall–Kier alpha value is -0.678. The average Bonchev–Trinajstić information content (AvgIpc) is 2.27. The third kappa shape index (κ3) is 2.52. The standard InChI is InChI=1S/C14H16N.Pd/c1-11(15(2)3)13-10-6-8-12-7-4-5-9-14(12)13;/h4-9,11H,1-3H3;/q-1;/t11-;/m1./s1. The van der Waals surface area contributed by atoms with E-state index in [0.717, 1.165) is 0 Å². The average molecular weight is 305 g/mol. The topological polar surface area (TPSA) is 3.24 Å². The van der Waals surface area contributed by atoms with Gasteiger partial charge in [-0.2, -0.15) is 18.2 Å². The minimum Gasteiger partial charge on any atom is -0.305 e. The van der Waals surface area contributed by atoms with Crippen molar-refractivity contribution in [2.24, 2.45) is 0 Å². The molecule has 2 aromatic carbocycles. The van der Waals surface area contributed by atoms with E-state index in [1.807, 2.05) is 6.07 Å². The Kier molecular flexibility index (Phi) is 4.68. The second-order valence-corrected chi connectivity index (χ2v) is 4.12. The van der Waals surface area contributed by atoms with E-state index in [1.165, 1.54) is 16.3 Å². The van der Waals surface area contributed by atoms with Gasteiger partial charge in [-0.05, 0) is 21.0 Å². The third-order valence-electron chi connectivity index (χ3n) is 2.95. The van der Waals surface area contributed by atoms with Gasteiger partial charge in [0, 0.05) is 26.5 Å². The van der Waals surface area contributed by atoms with Crippen LogP contribution in [0.1, 0.15) is 18.5 Å². The molecule has 0 spiro atoms. The van der Waals surface area contributed by atoms with Gasteiger partial charge in [0.25, 0.3) is 0 Å². The molecule has 0 saturated carbocycles. The fraction of sp³-hybridized carbons (Fsp3) is 0.286. The van der Waals surface area contributed by atoms with Crippen LogP contribution in [-0.2, 0) is 20.4 Å². The van der Waals surface area contributed by atoms with Crippen LogP contribution in [0.2, 0.25) is 0 Å². The molecule has 0 aliphatic rings. The van der Waals surface area contributed by atoms with E-state index >= 15 is 0 Å². The summed E-state index contributed by atoms with van der Waals surface area (Å²) >= 11 is 0. The number of fused-ring (bicyclic) bond motifs is 1. The summed E-state index contributed by atoms with van der Waals surface area (Å²) in [5, 5.41) is 2.60. The van der Waals surface area contributed by atoms with Crippen molar-refractivity contribution in [3.05, 3.63) is 48.0 Å². The van der Waals surface area contributed by atoms with Crippen LogP contribution < -0.4 is 0 Å². The Bertz CT molecular complexity index is 460. The van der Waals surface area contributed by atoms with Gasteiger partial charge in [0.05, 0.1) is 0 Å². The SMILES string of the molecule is C[C@H](c1[c-]ccc2ccccc12)N(C)C.[Pd]. The molecule has 0 fully saturated rings. The van der Waals surface area contributed by atoms with Gasteiger partial charge in [-0.3, -0.25) is 0 Å². The van der Waals surface area contributed by atoms with Gasteiger partial charge in [0.1, 0.15) is 0 Å². The second kappa shape index (κ2) is 5.59. The summed E-state index contributed by atoms with van der Waals surface area (Å²) in [7, 11) is 4.20. The molecule has 0 N–H and O–H groups in total. The molecule has 0 aromatic heterocycles. The summed E-state index contributed by atoms with van der Waals surface area (Å²) in [6, 6.07) is 16.4. The van der Waals surface area contributed by atoms with Crippen LogP contribution in [0, 0.1) is 6.07 Å². The van der Waals surface area contributed by atoms with E-state index in [9.17, 15) is 0 Å². The van der Waals surface area contributed by atoms with Crippen LogP contribution in [0.25, 0.3) is 10.8 Å². The Morgan fingerprint density at radius 1 is 1.12 bits per heavy atom. The van der Waals surface area contributed by atoms with Gasteiger partial charge in [-0.25, -0.2) is 0 Å². The van der Waals surface area contributed by atoms with Crippen molar-refractivity contribution in [1.82, 2.24) is 4.90 Å². The van der Waals surface area contributed by atoms with Crippen molar-refractivity contribution in [3.8, 4) is 0 Å². The maximum absolute atomic E-state index is 3.35. The normalized spacial score (nSPS) is 12.5. The van der Waals surface area contributed by atoms with E-state index in [-0.39, 0.29) is 20.4 Å². The number of hydrogen-bond donors (Lipinski definition) is 0. The molecule has 0 heterocycles. The van der Waals surface area contributed by atoms with Gasteiger partial charge in [-0.1, -0.05) is 18.2 Å². The summed E-state index contributed by atoms with van der Waals surface area (Å²) < 4.78 is 0. The molecule has 2 rings (SSSR count). The molecule has 0 amide bonds. The molecule has 0 unspecified atom stereocenters. The fourth-order valence-corrected chi connectivity index (χ4v) is 1.79. The number of hydrogen-bond acceptors (Lipinski definition) is 1. The van der Waals surface area contributed by atoms with Crippen LogP contribution >= 0.6 is 0 Å². The molecule has 0 bridgehead atoms. The monoisotopic (exact) mass is 304 g/mol. The van der Waals surface area contributed by atoms with Gasteiger partial charge >= 0.3 is 0 Å². The van der Waals surface area contributed by atoms with Crippen molar-refractivity contribution in [1.29, 1.82) is 0 Å². The number of benzene rings is 2. The minimum atomic E-state index is 0. The molecule has 1 nitrogen and oxygen atoms in total. The minimum absolute atomic E-state index is 0. The maximum atomic E-state index is 3.35. The Labute approximate surface area is 111 Å². The van der Waals surface area contributed by atoms with E-state index < -0.39 is 0 Å². The van der Waals surface area contributed by atoms with Crippen LogP contribution in [0.15, 0.2) is 36.4 Å². The zero-order chi connectivity index (χ0) is 10.8. The van der Waals surface area contributed by atoms with Crippen LogP contribution in [0.4, 0.5) is 0 Å². The maximum Gasteiger partial charge on any atom is 0.00941 e. The van der Waals surface area contributed by atoms with E-state index in [1.54, 1.807) is 0 Å². The van der Waals surface area contributed by atoms with Crippen molar-refractivity contribution < 1.29 is 20.4 Å². The zero-order valence-electron chi connectivity index (χ0n) is 9.80. The molecule has 1 atom stereocenters. The van der Waals surface area contributed by atoms with Crippen molar-refractivity contribution in [3.63, 3.8) is 0 Å². The fourth-order valence-electron chi connectivity index (χ4n) is 1.79. The summed E-state index contributed by atoms with van der Waals surface area (Å²) in [6.45, 7) is 2.21. The largest absolute Gasteiger partial charge is 0.305 e. The van der Waals surface area contributed by atoms with E-state index in [0.29, 0.717) is 6.04 Å². The van der Waals surface area contributed by atoms with Gasteiger partial charge < -0.3 is 4.90 Å². The molecule has 0 aliphatic heterocycles. The van der Waals surface area contributed by atoms with Gasteiger partial charge in [0.2, 0.25) is 0 Å². The first-order valence-corrected chi connectivity index (χ1v) is 5.26. The first kappa shape index (κ1) is 13.4. The number of nitrogens with zero attached hydrogens (tertiary/aromatic N) is 1. The van der Waals surface area contributed by atoms with Crippen molar-refractivity contribution >= 4 is 10.8 Å². The molecule has 0 radical (unpaired) electrons.